The van der Waals surface area contributed by atoms with Gasteiger partial charge in [-0.2, -0.15) is 0 Å². The first-order valence-corrected chi connectivity index (χ1v) is 10.0. The van der Waals surface area contributed by atoms with Crippen molar-refractivity contribution in [3.05, 3.63) is 76.6 Å². The molecule has 166 valence electrons. The molecule has 1 amide bonds. The number of amides is 1. The van der Waals surface area contributed by atoms with Gasteiger partial charge in [0, 0.05) is 12.1 Å². The highest BCUT2D eigenvalue weighted by Crippen LogP contribution is 2.33. The molecule has 0 heterocycles. The summed E-state index contributed by atoms with van der Waals surface area (Å²) in [6.07, 6.45) is 3.94. The van der Waals surface area contributed by atoms with Crippen LogP contribution in [0.5, 0.6) is 17.2 Å². The number of methoxy groups -OCH3 is 2. The van der Waals surface area contributed by atoms with Crippen LogP contribution in [0.4, 0.5) is 4.39 Å². The van der Waals surface area contributed by atoms with Gasteiger partial charge in [-0.25, -0.2) is 4.39 Å². The number of ether oxygens (including phenoxy) is 3. The molecule has 0 unspecified atom stereocenters. The molecule has 2 aromatic rings. The minimum absolute atomic E-state index is 0.0404. The van der Waals surface area contributed by atoms with Crippen LogP contribution in [-0.4, -0.2) is 33.3 Å². The zero-order valence-corrected chi connectivity index (χ0v) is 18.8. The third-order valence-electron chi connectivity index (χ3n) is 4.83. The van der Waals surface area contributed by atoms with Gasteiger partial charge in [-0.15, -0.1) is 0 Å². The van der Waals surface area contributed by atoms with Crippen molar-refractivity contribution < 1.29 is 23.4 Å². The summed E-state index contributed by atoms with van der Waals surface area (Å²) in [4.78, 5) is 12.6. The maximum atomic E-state index is 15.0. The topological polar surface area (TPSA) is 56.8 Å². The Morgan fingerprint density at radius 2 is 1.84 bits per heavy atom. The smallest absolute Gasteiger partial charge is 0.251 e. The lowest BCUT2D eigenvalue weighted by atomic mass is 10.0. The lowest BCUT2D eigenvalue weighted by molar-refractivity contribution is 0.0953. The fraction of sp³-hybridized carbons (Fsp3) is 0.320. The van der Waals surface area contributed by atoms with Crippen LogP contribution in [0.2, 0.25) is 0 Å². The average molecular weight is 428 g/mol. The summed E-state index contributed by atoms with van der Waals surface area (Å²) in [6.45, 7) is 9.89. The minimum Gasteiger partial charge on any atom is -0.496 e. The van der Waals surface area contributed by atoms with Gasteiger partial charge < -0.3 is 19.5 Å². The van der Waals surface area contributed by atoms with Gasteiger partial charge >= 0.3 is 0 Å². The van der Waals surface area contributed by atoms with Crippen molar-refractivity contribution >= 4 is 5.91 Å². The number of carbonyl (C=O) groups is 1. The maximum absolute atomic E-state index is 15.0. The number of halogens is 1. The molecule has 0 atom stereocenters. The van der Waals surface area contributed by atoms with Gasteiger partial charge in [0.25, 0.3) is 5.91 Å². The van der Waals surface area contributed by atoms with Crippen LogP contribution in [-0.2, 0) is 6.42 Å². The Kier molecular flexibility index (Phi) is 8.67. The molecule has 0 radical (unpaired) electrons. The van der Waals surface area contributed by atoms with Crippen LogP contribution in [0, 0.1) is 19.7 Å². The molecule has 2 aromatic carbocycles. The Bertz CT molecular complexity index is 982. The van der Waals surface area contributed by atoms with Crippen molar-refractivity contribution in [2.24, 2.45) is 0 Å². The van der Waals surface area contributed by atoms with Gasteiger partial charge in [-0.3, -0.25) is 4.79 Å². The van der Waals surface area contributed by atoms with Crippen LogP contribution in [0.15, 0.2) is 48.6 Å². The molecule has 1 N–H and O–H groups in total. The van der Waals surface area contributed by atoms with E-state index in [-0.39, 0.29) is 24.8 Å². The van der Waals surface area contributed by atoms with Crippen molar-refractivity contribution in [2.75, 3.05) is 27.4 Å². The SMILES string of the molecule is C=C(/C=C\C)COc1c(OC)ccc(CCNC(=O)c2cc(C)c(OC)cc2C)c1F. The van der Waals surface area contributed by atoms with E-state index < -0.39 is 5.82 Å². The third kappa shape index (κ3) is 6.10. The molecule has 0 aliphatic carbocycles. The average Bonchev–Trinajstić information content (AvgIpc) is 2.75. The molecule has 0 spiro atoms. The predicted octanol–water partition coefficient (Wildman–Crippen LogP) is 4.94. The van der Waals surface area contributed by atoms with Crippen LogP contribution in [0.3, 0.4) is 0 Å². The van der Waals surface area contributed by atoms with Crippen molar-refractivity contribution in [2.45, 2.75) is 27.2 Å². The second-order valence-electron chi connectivity index (χ2n) is 7.16. The van der Waals surface area contributed by atoms with Gasteiger partial charge in [-0.05, 0) is 67.7 Å². The Hall–Kier alpha value is -3.28. The molecule has 0 aromatic heterocycles. The number of carbonyl (C=O) groups excluding carboxylic acids is 1. The van der Waals surface area contributed by atoms with E-state index >= 15 is 4.39 Å². The van der Waals surface area contributed by atoms with Crippen LogP contribution >= 0.6 is 0 Å². The zero-order valence-electron chi connectivity index (χ0n) is 18.8. The summed E-state index contributed by atoms with van der Waals surface area (Å²) in [5.41, 5.74) is 3.40. The fourth-order valence-electron chi connectivity index (χ4n) is 3.18. The normalized spacial score (nSPS) is 10.8. The second-order valence-corrected chi connectivity index (χ2v) is 7.16. The van der Waals surface area contributed by atoms with Gasteiger partial charge in [0.2, 0.25) is 0 Å². The van der Waals surface area contributed by atoms with E-state index in [0.29, 0.717) is 28.9 Å². The standard InChI is InChI=1S/C25H30FNO4/c1-7-8-16(2)15-31-24-21(29-5)10-9-19(23(24)26)11-12-27-25(28)20-13-18(4)22(30-6)14-17(20)3/h7-10,13-14H,2,11-12,15H2,1,3-6H3,(H,27,28)/b8-7-. The summed E-state index contributed by atoms with van der Waals surface area (Å²) < 4.78 is 31.1. The first-order chi connectivity index (χ1) is 14.8. The lowest BCUT2D eigenvalue weighted by Gasteiger charge is -2.15. The number of nitrogens with one attached hydrogen (secondary N) is 1. The molecular formula is C25H30FNO4. The molecule has 0 saturated heterocycles. The number of aryl methyl sites for hydroxylation is 2. The highest BCUT2D eigenvalue weighted by molar-refractivity contribution is 5.96. The Morgan fingerprint density at radius 3 is 2.48 bits per heavy atom. The number of hydrogen-bond donors (Lipinski definition) is 1. The monoisotopic (exact) mass is 427 g/mol. The molecule has 0 fully saturated rings. The summed E-state index contributed by atoms with van der Waals surface area (Å²) >= 11 is 0. The highest BCUT2D eigenvalue weighted by atomic mass is 19.1. The highest BCUT2D eigenvalue weighted by Gasteiger charge is 2.17. The fourth-order valence-corrected chi connectivity index (χ4v) is 3.18. The van der Waals surface area contributed by atoms with Crippen LogP contribution in [0.1, 0.15) is 34.0 Å². The molecule has 5 nitrogen and oxygen atoms in total. The van der Waals surface area contributed by atoms with Gasteiger partial charge in [-0.1, -0.05) is 24.8 Å². The summed E-state index contributed by atoms with van der Waals surface area (Å²) in [5.74, 6) is 0.370. The molecule has 31 heavy (non-hydrogen) atoms. The van der Waals surface area contributed by atoms with Crippen molar-refractivity contribution in [1.29, 1.82) is 0 Å². The number of benzene rings is 2. The molecule has 0 saturated carbocycles. The number of rotatable bonds is 10. The van der Waals surface area contributed by atoms with E-state index in [1.54, 1.807) is 31.4 Å². The largest absolute Gasteiger partial charge is 0.496 e. The lowest BCUT2D eigenvalue weighted by Crippen LogP contribution is -2.26. The van der Waals surface area contributed by atoms with Gasteiger partial charge in [0.15, 0.2) is 17.3 Å². The molecule has 2 rings (SSSR count). The molecule has 0 aliphatic heterocycles. The zero-order chi connectivity index (χ0) is 23.0. The Balaban J connectivity index is 2.08. The predicted molar refractivity (Wildman–Crippen MR) is 121 cm³/mol. The minimum atomic E-state index is -0.502. The molecular weight excluding hydrogens is 397 g/mol. The summed E-state index contributed by atoms with van der Waals surface area (Å²) in [6, 6.07) is 6.92. The van der Waals surface area contributed by atoms with Crippen LogP contribution < -0.4 is 19.5 Å². The van der Waals surface area contributed by atoms with E-state index in [9.17, 15) is 4.79 Å². The van der Waals surface area contributed by atoms with Crippen molar-refractivity contribution in [3.8, 4) is 17.2 Å². The van der Waals surface area contributed by atoms with E-state index in [2.05, 4.69) is 11.9 Å². The summed E-state index contributed by atoms with van der Waals surface area (Å²) in [7, 11) is 3.06. The Labute approximate surface area is 183 Å². The second kappa shape index (κ2) is 11.2. The third-order valence-corrected chi connectivity index (χ3v) is 4.83. The molecule has 0 aliphatic rings. The van der Waals surface area contributed by atoms with Crippen LogP contribution in [0.25, 0.3) is 0 Å². The van der Waals surface area contributed by atoms with Gasteiger partial charge in [0.05, 0.1) is 14.2 Å². The van der Waals surface area contributed by atoms with Crippen molar-refractivity contribution in [1.82, 2.24) is 5.32 Å². The molecule has 0 bridgehead atoms. The first kappa shape index (κ1) is 24.0. The molecule has 6 heteroatoms. The summed E-state index contributed by atoms with van der Waals surface area (Å²) in [5, 5.41) is 2.85. The first-order valence-electron chi connectivity index (χ1n) is 10.0. The Morgan fingerprint density at radius 1 is 1.13 bits per heavy atom. The van der Waals surface area contributed by atoms with E-state index in [0.717, 1.165) is 16.9 Å². The maximum Gasteiger partial charge on any atom is 0.251 e. The van der Waals surface area contributed by atoms with Crippen molar-refractivity contribution in [3.63, 3.8) is 0 Å². The quantitative estimate of drug-likeness (QED) is 0.546. The van der Waals surface area contributed by atoms with E-state index in [1.165, 1.54) is 7.11 Å². The van der Waals surface area contributed by atoms with Gasteiger partial charge in [0.1, 0.15) is 12.4 Å². The number of hydrogen-bond acceptors (Lipinski definition) is 4. The number of allylic oxidation sites excluding steroid dienone is 1. The van der Waals surface area contributed by atoms with E-state index in [1.807, 2.05) is 32.9 Å². The van der Waals surface area contributed by atoms with E-state index in [4.69, 9.17) is 14.2 Å².